The molecule has 2 N–H and O–H groups in total. The number of urea groups is 1. The number of aromatic nitrogens is 2. The number of hydrogen-bond donors (Lipinski definition) is 2. The van der Waals surface area contributed by atoms with Gasteiger partial charge in [0.05, 0.1) is 11.3 Å². The molecule has 1 aliphatic carbocycles. The van der Waals surface area contributed by atoms with Crippen molar-refractivity contribution in [2.75, 3.05) is 0 Å². The molecule has 1 saturated heterocycles. The fraction of sp³-hybridized carbons (Fsp3) is 0.250. The van der Waals surface area contributed by atoms with Crippen LogP contribution < -0.4 is 10.6 Å². The van der Waals surface area contributed by atoms with Gasteiger partial charge in [0.2, 0.25) is 0 Å². The molecule has 0 saturated carbocycles. The number of ether oxygens (including phenoxy) is 1. The molecule has 3 amide bonds. The Morgan fingerprint density at radius 3 is 2.53 bits per heavy atom. The molecule has 32 heavy (non-hydrogen) atoms. The SMILES string of the molecule is CC1(c2ccc(C(=O)OCc3nn(-c4ccccc4)c4c3CCC4)cc2)NC(=O)NC1=O. The summed E-state index contributed by atoms with van der Waals surface area (Å²) in [5.74, 6) is -0.900. The molecule has 3 aromatic rings. The molecule has 0 radical (unpaired) electrons. The summed E-state index contributed by atoms with van der Waals surface area (Å²) < 4.78 is 7.50. The second-order valence-corrected chi connectivity index (χ2v) is 8.16. The van der Waals surface area contributed by atoms with E-state index in [1.807, 2.05) is 35.0 Å². The van der Waals surface area contributed by atoms with Gasteiger partial charge in [-0.15, -0.1) is 0 Å². The van der Waals surface area contributed by atoms with Crippen LogP contribution in [0.5, 0.6) is 0 Å². The highest BCUT2D eigenvalue weighted by atomic mass is 16.5. The zero-order chi connectivity index (χ0) is 22.3. The van der Waals surface area contributed by atoms with Gasteiger partial charge in [0.15, 0.2) is 0 Å². The van der Waals surface area contributed by atoms with Crippen LogP contribution in [0.15, 0.2) is 54.6 Å². The number of rotatable bonds is 5. The Labute approximate surface area is 184 Å². The molecule has 1 aromatic heterocycles. The van der Waals surface area contributed by atoms with Gasteiger partial charge < -0.3 is 10.1 Å². The molecule has 0 spiro atoms. The standard InChI is InChI=1S/C24H22N4O4/c1-24(22(30)25-23(31)26-24)16-12-10-15(11-13-16)21(29)32-14-19-18-8-5-9-20(18)28(27-19)17-6-3-2-4-7-17/h2-4,6-7,10-13H,5,8-9,14H2,1H3,(H2,25,26,30,31). The van der Waals surface area contributed by atoms with E-state index >= 15 is 0 Å². The van der Waals surface area contributed by atoms with Crippen molar-refractivity contribution in [3.05, 3.63) is 82.7 Å². The number of imide groups is 1. The maximum atomic E-state index is 12.6. The summed E-state index contributed by atoms with van der Waals surface area (Å²) in [7, 11) is 0. The van der Waals surface area contributed by atoms with Gasteiger partial charge in [-0.05, 0) is 56.0 Å². The van der Waals surface area contributed by atoms with E-state index in [1.54, 1.807) is 31.2 Å². The number of para-hydroxylation sites is 1. The van der Waals surface area contributed by atoms with Gasteiger partial charge in [-0.1, -0.05) is 30.3 Å². The highest BCUT2D eigenvalue weighted by molar-refractivity contribution is 6.07. The third kappa shape index (κ3) is 3.33. The predicted octanol–water partition coefficient (Wildman–Crippen LogP) is 2.77. The fourth-order valence-corrected chi connectivity index (χ4v) is 4.32. The first kappa shape index (κ1) is 20.0. The maximum Gasteiger partial charge on any atom is 0.338 e. The van der Waals surface area contributed by atoms with Gasteiger partial charge in [-0.2, -0.15) is 5.10 Å². The highest BCUT2D eigenvalue weighted by Gasteiger charge is 2.43. The van der Waals surface area contributed by atoms with E-state index in [9.17, 15) is 14.4 Å². The summed E-state index contributed by atoms with van der Waals surface area (Å²) in [6.07, 6.45) is 2.94. The van der Waals surface area contributed by atoms with Gasteiger partial charge in [0.25, 0.3) is 5.91 Å². The Hall–Kier alpha value is -3.94. The minimum atomic E-state index is -1.16. The van der Waals surface area contributed by atoms with Crippen LogP contribution >= 0.6 is 0 Å². The van der Waals surface area contributed by atoms with Crippen molar-refractivity contribution in [1.29, 1.82) is 0 Å². The van der Waals surface area contributed by atoms with Gasteiger partial charge in [0, 0.05) is 11.3 Å². The first-order valence-corrected chi connectivity index (χ1v) is 10.5. The molecule has 2 heterocycles. The number of carbonyl (C=O) groups excluding carboxylic acids is 3. The quantitative estimate of drug-likeness (QED) is 0.479. The van der Waals surface area contributed by atoms with Crippen molar-refractivity contribution in [1.82, 2.24) is 20.4 Å². The lowest BCUT2D eigenvalue weighted by Gasteiger charge is -2.21. The number of nitrogens with zero attached hydrogens (tertiary/aromatic N) is 2. The summed E-state index contributed by atoms with van der Waals surface area (Å²) in [6, 6.07) is 15.9. The number of nitrogens with one attached hydrogen (secondary N) is 2. The number of amides is 3. The first-order chi connectivity index (χ1) is 15.5. The van der Waals surface area contributed by atoms with Crippen LogP contribution in [0, 0.1) is 0 Å². The summed E-state index contributed by atoms with van der Waals surface area (Å²) >= 11 is 0. The van der Waals surface area contributed by atoms with E-state index in [-0.39, 0.29) is 6.61 Å². The maximum absolute atomic E-state index is 12.6. The summed E-state index contributed by atoms with van der Waals surface area (Å²) in [6.45, 7) is 1.71. The normalized spacial score (nSPS) is 19.4. The van der Waals surface area contributed by atoms with Crippen LogP contribution in [-0.4, -0.2) is 27.7 Å². The Morgan fingerprint density at radius 2 is 1.84 bits per heavy atom. The van der Waals surface area contributed by atoms with Crippen molar-refractivity contribution < 1.29 is 19.1 Å². The molecular weight excluding hydrogens is 408 g/mol. The molecule has 0 bridgehead atoms. The zero-order valence-electron chi connectivity index (χ0n) is 17.6. The first-order valence-electron chi connectivity index (χ1n) is 10.5. The van der Waals surface area contributed by atoms with E-state index < -0.39 is 23.4 Å². The van der Waals surface area contributed by atoms with Crippen LogP contribution in [0.25, 0.3) is 5.69 Å². The number of carbonyl (C=O) groups is 3. The predicted molar refractivity (Wildman–Crippen MR) is 115 cm³/mol. The Balaban J connectivity index is 1.31. The lowest BCUT2D eigenvalue weighted by atomic mass is 9.91. The van der Waals surface area contributed by atoms with E-state index in [4.69, 9.17) is 9.84 Å². The van der Waals surface area contributed by atoms with Crippen LogP contribution in [0.2, 0.25) is 0 Å². The molecular formula is C24H22N4O4. The van der Waals surface area contributed by atoms with Gasteiger partial charge in [-0.3, -0.25) is 10.1 Å². The molecule has 1 aliphatic heterocycles. The second kappa shape index (κ2) is 7.64. The molecule has 8 heteroatoms. The fourth-order valence-electron chi connectivity index (χ4n) is 4.32. The molecule has 2 aliphatic rings. The van der Waals surface area contributed by atoms with Crippen molar-refractivity contribution in [2.45, 2.75) is 38.3 Å². The molecule has 1 fully saturated rings. The third-order valence-corrected chi connectivity index (χ3v) is 6.10. The smallest absolute Gasteiger partial charge is 0.338 e. The largest absolute Gasteiger partial charge is 0.455 e. The molecule has 162 valence electrons. The zero-order valence-corrected chi connectivity index (χ0v) is 17.6. The van der Waals surface area contributed by atoms with Crippen molar-refractivity contribution in [3.63, 3.8) is 0 Å². The lowest BCUT2D eigenvalue weighted by Crippen LogP contribution is -2.40. The van der Waals surface area contributed by atoms with Crippen molar-refractivity contribution in [3.8, 4) is 5.69 Å². The number of benzene rings is 2. The third-order valence-electron chi connectivity index (χ3n) is 6.10. The van der Waals surface area contributed by atoms with Crippen LogP contribution in [0.3, 0.4) is 0 Å². The van der Waals surface area contributed by atoms with Gasteiger partial charge in [0.1, 0.15) is 17.8 Å². The molecule has 8 nitrogen and oxygen atoms in total. The summed E-state index contributed by atoms with van der Waals surface area (Å²) in [5.41, 5.74) is 3.90. The van der Waals surface area contributed by atoms with Crippen LogP contribution in [0.1, 0.15) is 46.2 Å². The number of esters is 1. The Bertz CT molecular complexity index is 1220. The van der Waals surface area contributed by atoms with E-state index in [2.05, 4.69) is 10.6 Å². The average Bonchev–Trinajstić information content (AvgIpc) is 3.48. The van der Waals surface area contributed by atoms with Gasteiger partial charge >= 0.3 is 12.0 Å². The van der Waals surface area contributed by atoms with Gasteiger partial charge in [-0.25, -0.2) is 14.3 Å². The van der Waals surface area contributed by atoms with E-state index in [0.29, 0.717) is 11.1 Å². The minimum Gasteiger partial charge on any atom is -0.455 e. The van der Waals surface area contributed by atoms with Crippen LogP contribution in [0.4, 0.5) is 4.79 Å². The molecule has 2 aromatic carbocycles. The number of hydrogen-bond acceptors (Lipinski definition) is 5. The number of fused-ring (bicyclic) bond motifs is 1. The molecule has 1 atom stereocenters. The van der Waals surface area contributed by atoms with E-state index in [1.165, 1.54) is 5.69 Å². The minimum absolute atomic E-state index is 0.0962. The Kier molecular flexibility index (Phi) is 4.77. The van der Waals surface area contributed by atoms with Crippen LogP contribution in [-0.2, 0) is 34.5 Å². The average molecular weight is 430 g/mol. The van der Waals surface area contributed by atoms with E-state index in [0.717, 1.165) is 36.2 Å². The van der Waals surface area contributed by atoms with Crippen molar-refractivity contribution >= 4 is 17.9 Å². The lowest BCUT2D eigenvalue weighted by molar-refractivity contribution is -0.123. The second-order valence-electron chi connectivity index (χ2n) is 8.16. The Morgan fingerprint density at radius 1 is 1.09 bits per heavy atom. The van der Waals surface area contributed by atoms with Crippen molar-refractivity contribution in [2.24, 2.45) is 0 Å². The monoisotopic (exact) mass is 430 g/mol. The summed E-state index contributed by atoms with van der Waals surface area (Å²) in [4.78, 5) is 36.2. The molecule has 5 rings (SSSR count). The highest BCUT2D eigenvalue weighted by Crippen LogP contribution is 2.29. The summed E-state index contributed by atoms with van der Waals surface area (Å²) in [5, 5.41) is 9.54. The topological polar surface area (TPSA) is 102 Å². The molecule has 1 unspecified atom stereocenters.